The smallest absolute Gasteiger partial charge is 0.326 e. The maximum absolute atomic E-state index is 13.5. The highest BCUT2D eigenvalue weighted by atomic mass is 16.4. The highest BCUT2D eigenvalue weighted by Gasteiger charge is 2.30. The number of guanidine groups is 1. The van der Waals surface area contributed by atoms with Crippen LogP contribution in [0.4, 0.5) is 0 Å². The lowest BCUT2D eigenvalue weighted by molar-refractivity contribution is -0.142. The van der Waals surface area contributed by atoms with Crippen molar-refractivity contribution >= 4 is 29.7 Å². The second kappa shape index (κ2) is 16.6. The van der Waals surface area contributed by atoms with Gasteiger partial charge in [-0.05, 0) is 30.7 Å². The Hall–Kier alpha value is -4.46. The number of rotatable bonds is 17. The average Bonchev–Trinajstić information content (AvgIpc) is 3.42. The number of nitrogens with zero attached hydrogens (tertiary/aromatic N) is 2. The Balaban J connectivity index is 2.23. The van der Waals surface area contributed by atoms with Gasteiger partial charge in [0.05, 0.1) is 12.4 Å². The minimum atomic E-state index is -1.17. The molecule has 0 fully saturated rings. The first-order valence-corrected chi connectivity index (χ1v) is 13.4. The molecule has 0 saturated carbocycles. The second-order valence-corrected chi connectivity index (χ2v) is 10.2. The van der Waals surface area contributed by atoms with E-state index < -0.39 is 47.9 Å². The van der Waals surface area contributed by atoms with Gasteiger partial charge in [0, 0.05) is 31.3 Å². The zero-order valence-electron chi connectivity index (χ0n) is 23.4. The van der Waals surface area contributed by atoms with Crippen molar-refractivity contribution in [1.29, 1.82) is 0 Å². The van der Waals surface area contributed by atoms with Gasteiger partial charge in [-0.15, -0.1) is 0 Å². The van der Waals surface area contributed by atoms with Crippen molar-refractivity contribution in [2.45, 2.75) is 70.1 Å². The van der Waals surface area contributed by atoms with Gasteiger partial charge in [-0.1, -0.05) is 44.2 Å². The van der Waals surface area contributed by atoms with Gasteiger partial charge in [-0.2, -0.15) is 0 Å². The minimum Gasteiger partial charge on any atom is -0.480 e. The van der Waals surface area contributed by atoms with E-state index in [1.165, 1.54) is 6.33 Å². The summed E-state index contributed by atoms with van der Waals surface area (Å²) in [5.74, 6) is -3.14. The van der Waals surface area contributed by atoms with E-state index in [4.69, 9.17) is 17.2 Å². The summed E-state index contributed by atoms with van der Waals surface area (Å²) in [5.41, 5.74) is 18.2. The standard InChI is InChI=1S/C27H41N9O5/c1-16(2)11-22(26(40)41)36-25(39)21(12-17-7-4-3-5-8-17)35-24(38)20(9-6-10-32-27(29)30)34-23(37)19(28)13-18-14-31-15-33-18/h3-5,7-8,14-16,19-22H,6,9-13,28H2,1-2H3,(H,31,33)(H,34,37)(H,35,38)(H,36,39)(H,40,41)(H4,29,30,32). The maximum atomic E-state index is 13.5. The van der Waals surface area contributed by atoms with Crippen molar-refractivity contribution in [2.24, 2.45) is 28.1 Å². The van der Waals surface area contributed by atoms with Crippen molar-refractivity contribution in [3.05, 3.63) is 54.1 Å². The zero-order valence-corrected chi connectivity index (χ0v) is 23.4. The highest BCUT2D eigenvalue weighted by molar-refractivity contribution is 5.94. The summed E-state index contributed by atoms with van der Waals surface area (Å²) in [5, 5.41) is 17.5. The number of nitrogens with two attached hydrogens (primary N) is 3. The molecule has 1 heterocycles. The van der Waals surface area contributed by atoms with E-state index in [1.54, 1.807) is 30.5 Å². The summed E-state index contributed by atoms with van der Waals surface area (Å²) >= 11 is 0. The number of carbonyl (C=O) groups is 4. The van der Waals surface area contributed by atoms with Crippen LogP contribution in [0.1, 0.15) is 44.4 Å². The van der Waals surface area contributed by atoms with Crippen LogP contribution >= 0.6 is 0 Å². The lowest BCUT2D eigenvalue weighted by atomic mass is 10.0. The number of nitrogens with one attached hydrogen (secondary N) is 4. The minimum absolute atomic E-state index is 0.00865. The lowest BCUT2D eigenvalue weighted by Crippen LogP contribution is -2.57. The fourth-order valence-corrected chi connectivity index (χ4v) is 4.07. The Kier molecular flexibility index (Phi) is 13.3. The third-order valence-electron chi connectivity index (χ3n) is 6.15. The lowest BCUT2D eigenvalue weighted by Gasteiger charge is -2.25. The van der Waals surface area contributed by atoms with E-state index in [9.17, 15) is 24.3 Å². The number of hydrogen-bond donors (Lipinski definition) is 8. The molecule has 0 aliphatic rings. The van der Waals surface area contributed by atoms with Crippen molar-refractivity contribution in [3.8, 4) is 0 Å². The summed E-state index contributed by atoms with van der Waals surface area (Å²) < 4.78 is 0. The Labute approximate surface area is 238 Å². The van der Waals surface area contributed by atoms with E-state index in [0.717, 1.165) is 5.56 Å². The first kappa shape index (κ1) is 32.8. The molecule has 41 heavy (non-hydrogen) atoms. The summed E-state index contributed by atoms with van der Waals surface area (Å²) in [4.78, 5) is 62.1. The average molecular weight is 572 g/mol. The van der Waals surface area contributed by atoms with Gasteiger partial charge in [0.25, 0.3) is 0 Å². The van der Waals surface area contributed by atoms with Gasteiger partial charge in [-0.3, -0.25) is 19.4 Å². The van der Waals surface area contributed by atoms with Crippen LogP contribution in [0.15, 0.2) is 47.8 Å². The molecule has 0 bridgehead atoms. The quantitative estimate of drug-likeness (QED) is 0.0669. The number of carboxylic acid groups (broad SMARTS) is 1. The Morgan fingerprint density at radius 2 is 1.59 bits per heavy atom. The summed E-state index contributed by atoms with van der Waals surface area (Å²) in [6, 6.07) is 4.69. The molecule has 1 aromatic heterocycles. The fraction of sp³-hybridized carbons (Fsp3) is 0.481. The Morgan fingerprint density at radius 1 is 0.951 bits per heavy atom. The molecule has 0 spiro atoms. The summed E-state index contributed by atoms with van der Waals surface area (Å²) in [7, 11) is 0. The molecule has 224 valence electrons. The van der Waals surface area contributed by atoms with Gasteiger partial charge in [0.15, 0.2) is 5.96 Å². The van der Waals surface area contributed by atoms with E-state index in [2.05, 4.69) is 30.9 Å². The number of aliphatic imine (C=N–C) groups is 1. The Morgan fingerprint density at radius 3 is 2.17 bits per heavy atom. The fourth-order valence-electron chi connectivity index (χ4n) is 4.07. The molecular formula is C27H41N9O5. The number of H-pyrrole nitrogens is 1. The number of benzene rings is 1. The molecule has 2 rings (SSSR count). The van der Waals surface area contributed by atoms with Crippen molar-refractivity contribution < 1.29 is 24.3 Å². The van der Waals surface area contributed by atoms with E-state index >= 15 is 0 Å². The molecule has 14 nitrogen and oxygen atoms in total. The van der Waals surface area contributed by atoms with Crippen molar-refractivity contribution in [2.75, 3.05) is 6.54 Å². The first-order chi connectivity index (χ1) is 19.5. The molecule has 0 aliphatic heterocycles. The number of imidazole rings is 1. The van der Waals surface area contributed by atoms with Gasteiger partial charge in [0.1, 0.15) is 18.1 Å². The predicted molar refractivity (Wildman–Crippen MR) is 153 cm³/mol. The zero-order chi connectivity index (χ0) is 30.4. The van der Waals surface area contributed by atoms with Crippen LogP contribution in [0.25, 0.3) is 0 Å². The van der Waals surface area contributed by atoms with Gasteiger partial charge < -0.3 is 43.2 Å². The van der Waals surface area contributed by atoms with Crippen LogP contribution in [0.2, 0.25) is 0 Å². The van der Waals surface area contributed by atoms with E-state index in [1.807, 2.05) is 19.9 Å². The number of carboxylic acids is 1. The van der Waals surface area contributed by atoms with E-state index in [0.29, 0.717) is 12.1 Å². The molecule has 4 atom stereocenters. The molecule has 14 heteroatoms. The number of aliphatic carboxylic acids is 1. The highest BCUT2D eigenvalue weighted by Crippen LogP contribution is 2.09. The van der Waals surface area contributed by atoms with Gasteiger partial charge >= 0.3 is 5.97 Å². The van der Waals surface area contributed by atoms with Crippen LogP contribution in [0, 0.1) is 5.92 Å². The monoisotopic (exact) mass is 571 g/mol. The van der Waals surface area contributed by atoms with Crippen LogP contribution in [-0.4, -0.2) is 75.4 Å². The molecule has 4 unspecified atom stereocenters. The molecule has 11 N–H and O–H groups in total. The maximum Gasteiger partial charge on any atom is 0.326 e. The van der Waals surface area contributed by atoms with Crippen molar-refractivity contribution in [1.82, 2.24) is 25.9 Å². The predicted octanol–water partition coefficient (Wildman–Crippen LogP) is -0.839. The summed E-state index contributed by atoms with van der Waals surface area (Å²) in [6.07, 6.45) is 3.98. The number of aromatic amines is 1. The molecule has 0 aliphatic carbocycles. The molecule has 0 radical (unpaired) electrons. The molecule has 1 aromatic carbocycles. The summed E-state index contributed by atoms with van der Waals surface area (Å²) in [6.45, 7) is 3.90. The van der Waals surface area contributed by atoms with Gasteiger partial charge in [0.2, 0.25) is 17.7 Å². The second-order valence-electron chi connectivity index (χ2n) is 10.2. The van der Waals surface area contributed by atoms with Crippen molar-refractivity contribution in [3.63, 3.8) is 0 Å². The van der Waals surface area contributed by atoms with Crippen LogP contribution in [0.5, 0.6) is 0 Å². The molecular weight excluding hydrogens is 530 g/mol. The number of aromatic nitrogens is 2. The number of hydrogen-bond acceptors (Lipinski definition) is 7. The molecule has 3 amide bonds. The van der Waals surface area contributed by atoms with Crippen LogP contribution < -0.4 is 33.2 Å². The first-order valence-electron chi connectivity index (χ1n) is 13.4. The third kappa shape index (κ3) is 12.1. The number of carbonyl (C=O) groups excluding carboxylic acids is 3. The van der Waals surface area contributed by atoms with Crippen LogP contribution in [0.3, 0.4) is 0 Å². The normalized spacial score (nSPS) is 13.9. The SMILES string of the molecule is CC(C)CC(NC(=O)C(Cc1ccccc1)NC(=O)C(CCCN=C(N)N)NC(=O)C(N)Cc1cnc[nH]1)C(=O)O. The van der Waals surface area contributed by atoms with Crippen LogP contribution in [-0.2, 0) is 32.0 Å². The topological polar surface area (TPSA) is 244 Å². The molecule has 2 aromatic rings. The third-order valence-corrected chi connectivity index (χ3v) is 6.15. The van der Waals surface area contributed by atoms with E-state index in [-0.39, 0.29) is 44.1 Å². The Bertz CT molecular complexity index is 1150. The largest absolute Gasteiger partial charge is 0.480 e. The van der Waals surface area contributed by atoms with Gasteiger partial charge in [-0.25, -0.2) is 9.78 Å². The molecule has 0 saturated heterocycles. The number of amides is 3.